The van der Waals surface area contributed by atoms with E-state index in [0.29, 0.717) is 23.1 Å². The van der Waals surface area contributed by atoms with E-state index in [0.717, 1.165) is 11.1 Å². The Hall–Kier alpha value is -1.82. The van der Waals surface area contributed by atoms with Gasteiger partial charge in [-0.05, 0) is 30.7 Å². The number of aromatic nitrogens is 1. The number of aliphatic hydroxyl groups excluding tert-OH is 1. The van der Waals surface area contributed by atoms with Crippen LogP contribution in [0, 0.1) is 0 Å². The van der Waals surface area contributed by atoms with E-state index in [1.165, 1.54) is 0 Å². The average molecular weight is 337 g/mol. The van der Waals surface area contributed by atoms with Crippen molar-refractivity contribution >= 4 is 11.6 Å². The van der Waals surface area contributed by atoms with Gasteiger partial charge in [-0.2, -0.15) is 0 Å². The van der Waals surface area contributed by atoms with Crippen LogP contribution in [0.15, 0.2) is 36.7 Å². The summed E-state index contributed by atoms with van der Waals surface area (Å²) in [6.07, 6.45) is 2.71. The summed E-state index contributed by atoms with van der Waals surface area (Å²) in [7, 11) is 3.16. The van der Waals surface area contributed by atoms with Crippen LogP contribution in [0.4, 0.5) is 0 Å². The summed E-state index contributed by atoms with van der Waals surface area (Å²) >= 11 is 6.20. The van der Waals surface area contributed by atoms with Crippen molar-refractivity contribution in [1.82, 2.24) is 10.3 Å². The van der Waals surface area contributed by atoms with Gasteiger partial charge in [0.2, 0.25) is 0 Å². The Balaban J connectivity index is 2.08. The van der Waals surface area contributed by atoms with E-state index in [-0.39, 0.29) is 6.04 Å². The first-order valence-electron chi connectivity index (χ1n) is 7.29. The van der Waals surface area contributed by atoms with Gasteiger partial charge in [-0.1, -0.05) is 11.6 Å². The molecule has 6 heteroatoms. The number of halogens is 1. The van der Waals surface area contributed by atoms with Crippen LogP contribution in [0.3, 0.4) is 0 Å². The third-order valence-electron chi connectivity index (χ3n) is 3.68. The minimum atomic E-state index is -0.611. The second-order valence-corrected chi connectivity index (χ2v) is 5.56. The van der Waals surface area contributed by atoms with Crippen LogP contribution >= 0.6 is 11.6 Å². The van der Waals surface area contributed by atoms with Gasteiger partial charge in [0, 0.05) is 36.6 Å². The molecule has 1 heterocycles. The summed E-state index contributed by atoms with van der Waals surface area (Å²) in [6.45, 7) is 2.39. The summed E-state index contributed by atoms with van der Waals surface area (Å²) in [5.74, 6) is 1.25. The summed E-state index contributed by atoms with van der Waals surface area (Å²) in [6, 6.07) is 7.11. The van der Waals surface area contributed by atoms with Crippen LogP contribution in [0.5, 0.6) is 11.5 Å². The Morgan fingerprint density at radius 1 is 1.17 bits per heavy atom. The number of hydrogen-bond donors (Lipinski definition) is 2. The third-order valence-corrected chi connectivity index (χ3v) is 3.97. The lowest BCUT2D eigenvalue weighted by Gasteiger charge is -2.20. The fourth-order valence-electron chi connectivity index (χ4n) is 2.32. The third kappa shape index (κ3) is 4.34. The summed E-state index contributed by atoms with van der Waals surface area (Å²) in [5, 5.41) is 14.0. The van der Waals surface area contributed by atoms with Crippen molar-refractivity contribution in [2.75, 3.05) is 20.8 Å². The van der Waals surface area contributed by atoms with Crippen molar-refractivity contribution in [2.24, 2.45) is 0 Å². The van der Waals surface area contributed by atoms with Gasteiger partial charge in [-0.25, -0.2) is 0 Å². The SMILES string of the molecule is COc1cc(OC)c(C(C)NCC(O)c2ccncc2)cc1Cl. The monoisotopic (exact) mass is 336 g/mol. The van der Waals surface area contributed by atoms with Gasteiger partial charge in [-0.3, -0.25) is 4.98 Å². The topological polar surface area (TPSA) is 63.6 Å². The first-order chi connectivity index (χ1) is 11.1. The molecule has 2 atom stereocenters. The number of aliphatic hydroxyl groups is 1. The second-order valence-electron chi connectivity index (χ2n) is 5.15. The minimum Gasteiger partial charge on any atom is -0.496 e. The molecule has 0 aliphatic carbocycles. The van der Waals surface area contributed by atoms with E-state index < -0.39 is 6.10 Å². The molecule has 23 heavy (non-hydrogen) atoms. The number of nitrogens with zero attached hydrogens (tertiary/aromatic N) is 1. The average Bonchev–Trinajstić information content (AvgIpc) is 2.59. The van der Waals surface area contributed by atoms with Crippen LogP contribution in [-0.4, -0.2) is 30.9 Å². The molecule has 2 unspecified atom stereocenters. The molecule has 0 saturated carbocycles. The predicted molar refractivity (Wildman–Crippen MR) is 90.2 cm³/mol. The van der Waals surface area contributed by atoms with Gasteiger partial charge >= 0.3 is 0 Å². The first-order valence-corrected chi connectivity index (χ1v) is 7.67. The molecule has 2 N–H and O–H groups in total. The van der Waals surface area contributed by atoms with E-state index >= 15 is 0 Å². The summed E-state index contributed by atoms with van der Waals surface area (Å²) < 4.78 is 10.6. The van der Waals surface area contributed by atoms with Crippen molar-refractivity contribution < 1.29 is 14.6 Å². The van der Waals surface area contributed by atoms with Crippen molar-refractivity contribution in [2.45, 2.75) is 19.1 Å². The Morgan fingerprint density at radius 2 is 1.83 bits per heavy atom. The Labute approximate surface area is 141 Å². The van der Waals surface area contributed by atoms with Crippen LogP contribution in [-0.2, 0) is 0 Å². The van der Waals surface area contributed by atoms with Gasteiger partial charge in [0.25, 0.3) is 0 Å². The van der Waals surface area contributed by atoms with E-state index in [2.05, 4.69) is 10.3 Å². The number of nitrogens with one attached hydrogen (secondary N) is 1. The Kier molecular flexibility index (Phi) is 6.21. The molecule has 2 rings (SSSR count). The van der Waals surface area contributed by atoms with Crippen molar-refractivity contribution in [3.63, 3.8) is 0 Å². The standard InChI is InChI=1S/C17H21ClN2O3/c1-11(20-10-15(21)12-4-6-19-7-5-12)13-8-14(18)17(23-3)9-16(13)22-2/h4-9,11,15,20-21H,10H2,1-3H3. The molecule has 0 saturated heterocycles. The summed E-state index contributed by atoms with van der Waals surface area (Å²) in [4.78, 5) is 3.94. The second kappa shape index (κ2) is 8.15. The zero-order valence-corrected chi connectivity index (χ0v) is 14.2. The molecule has 0 fully saturated rings. The minimum absolute atomic E-state index is 0.0511. The number of pyridine rings is 1. The molecule has 124 valence electrons. The van der Waals surface area contributed by atoms with Crippen LogP contribution in [0.2, 0.25) is 5.02 Å². The van der Waals surface area contributed by atoms with E-state index in [1.807, 2.05) is 13.0 Å². The lowest BCUT2D eigenvalue weighted by atomic mass is 10.1. The largest absolute Gasteiger partial charge is 0.496 e. The molecule has 0 radical (unpaired) electrons. The number of methoxy groups -OCH3 is 2. The molecule has 5 nitrogen and oxygen atoms in total. The van der Waals surface area contributed by atoms with Gasteiger partial charge in [0.1, 0.15) is 11.5 Å². The van der Waals surface area contributed by atoms with Crippen LogP contribution < -0.4 is 14.8 Å². The van der Waals surface area contributed by atoms with Crippen LogP contribution in [0.1, 0.15) is 30.2 Å². The predicted octanol–water partition coefficient (Wildman–Crippen LogP) is 3.14. The molecule has 2 aromatic rings. The lowest BCUT2D eigenvalue weighted by molar-refractivity contribution is 0.170. The number of ether oxygens (including phenoxy) is 2. The molecular weight excluding hydrogens is 316 g/mol. The van der Waals surface area contributed by atoms with Crippen molar-refractivity contribution in [3.8, 4) is 11.5 Å². The number of benzene rings is 1. The highest BCUT2D eigenvalue weighted by Gasteiger charge is 2.16. The highest BCUT2D eigenvalue weighted by molar-refractivity contribution is 6.32. The summed E-state index contributed by atoms with van der Waals surface area (Å²) in [5.41, 5.74) is 1.72. The fraction of sp³-hybridized carbons (Fsp3) is 0.353. The lowest BCUT2D eigenvalue weighted by Crippen LogP contribution is -2.25. The molecule has 1 aromatic heterocycles. The zero-order chi connectivity index (χ0) is 16.8. The number of hydrogen-bond acceptors (Lipinski definition) is 5. The molecule has 0 aliphatic rings. The fourth-order valence-corrected chi connectivity index (χ4v) is 2.57. The van der Waals surface area contributed by atoms with Crippen LogP contribution in [0.25, 0.3) is 0 Å². The molecule has 1 aromatic carbocycles. The Bertz CT molecular complexity index is 637. The normalized spacial score (nSPS) is 13.4. The van der Waals surface area contributed by atoms with Gasteiger partial charge in [0.15, 0.2) is 0 Å². The van der Waals surface area contributed by atoms with E-state index in [1.54, 1.807) is 44.8 Å². The smallest absolute Gasteiger partial charge is 0.141 e. The van der Waals surface area contributed by atoms with Crippen molar-refractivity contribution in [3.05, 3.63) is 52.8 Å². The molecule has 0 aliphatic heterocycles. The maximum absolute atomic E-state index is 10.2. The molecular formula is C17H21ClN2O3. The van der Waals surface area contributed by atoms with Crippen molar-refractivity contribution in [1.29, 1.82) is 0 Å². The Morgan fingerprint density at radius 3 is 2.43 bits per heavy atom. The molecule has 0 bridgehead atoms. The van der Waals surface area contributed by atoms with Gasteiger partial charge in [-0.15, -0.1) is 0 Å². The highest BCUT2D eigenvalue weighted by Crippen LogP contribution is 2.35. The molecule has 0 amide bonds. The zero-order valence-electron chi connectivity index (χ0n) is 13.4. The first kappa shape index (κ1) is 17.5. The molecule has 0 spiro atoms. The quantitative estimate of drug-likeness (QED) is 0.813. The maximum Gasteiger partial charge on any atom is 0.141 e. The highest BCUT2D eigenvalue weighted by atomic mass is 35.5. The van der Waals surface area contributed by atoms with Gasteiger partial charge < -0.3 is 19.9 Å². The van der Waals surface area contributed by atoms with E-state index in [9.17, 15) is 5.11 Å². The van der Waals surface area contributed by atoms with Gasteiger partial charge in [0.05, 0.1) is 25.3 Å². The maximum atomic E-state index is 10.2. The van der Waals surface area contributed by atoms with E-state index in [4.69, 9.17) is 21.1 Å². The number of rotatable bonds is 7.